The van der Waals surface area contributed by atoms with Crippen molar-refractivity contribution in [2.45, 2.75) is 31.7 Å². The first kappa shape index (κ1) is 23.1. The van der Waals surface area contributed by atoms with Gasteiger partial charge in [0.2, 0.25) is 5.91 Å². The van der Waals surface area contributed by atoms with E-state index in [1.165, 1.54) is 23.5 Å². The number of thiazole rings is 1. The second-order valence-corrected chi connectivity index (χ2v) is 10.9. The van der Waals surface area contributed by atoms with Gasteiger partial charge >= 0.3 is 0 Å². The Morgan fingerprint density at radius 2 is 1.64 bits per heavy atom. The topological polar surface area (TPSA) is 67.3 Å². The largest absolute Gasteiger partial charge is 0.284 e. The van der Waals surface area contributed by atoms with Crippen molar-refractivity contribution in [3.05, 3.63) is 89.2 Å². The number of sulfone groups is 1. The number of aromatic nitrogens is 1. The van der Waals surface area contributed by atoms with Crippen molar-refractivity contribution in [2.24, 2.45) is 0 Å². The maximum atomic E-state index is 13.3. The highest BCUT2D eigenvalue weighted by molar-refractivity contribution is 7.91. The zero-order valence-corrected chi connectivity index (χ0v) is 19.9. The van der Waals surface area contributed by atoms with Gasteiger partial charge in [0.1, 0.15) is 5.82 Å². The van der Waals surface area contributed by atoms with Crippen LogP contribution in [-0.2, 0) is 21.2 Å². The summed E-state index contributed by atoms with van der Waals surface area (Å²) in [5.74, 6) is -1.22. The van der Waals surface area contributed by atoms with Crippen LogP contribution in [0.15, 0.2) is 71.6 Å². The number of nitrogens with zero attached hydrogens (tertiary/aromatic N) is 2. The minimum Gasteiger partial charge on any atom is -0.284 e. The number of rotatable bonds is 7. The van der Waals surface area contributed by atoms with Gasteiger partial charge in [-0.15, -0.1) is 0 Å². The minimum atomic E-state index is -3.73. The molecule has 1 amide bonds. The molecule has 0 bridgehead atoms. The minimum absolute atomic E-state index is 0.00227. The summed E-state index contributed by atoms with van der Waals surface area (Å²) in [5, 5.41) is 0.537. The van der Waals surface area contributed by atoms with Crippen LogP contribution < -0.4 is 4.90 Å². The lowest BCUT2D eigenvalue weighted by molar-refractivity contribution is -0.118. The number of anilines is 1. The maximum Gasteiger partial charge on any atom is 0.230 e. The third-order valence-electron chi connectivity index (χ3n) is 5.40. The summed E-state index contributed by atoms with van der Waals surface area (Å²) in [6.45, 7) is 4.26. The Labute approximate surface area is 196 Å². The van der Waals surface area contributed by atoms with E-state index >= 15 is 0 Å². The van der Waals surface area contributed by atoms with E-state index in [0.29, 0.717) is 5.13 Å². The molecular formula is C25H23FN2O3S2. The Balaban J connectivity index is 1.63. The molecule has 1 aromatic heterocycles. The predicted octanol–water partition coefficient (Wildman–Crippen LogP) is 5.45. The number of hydrogen-bond donors (Lipinski definition) is 0. The molecule has 0 fully saturated rings. The summed E-state index contributed by atoms with van der Waals surface area (Å²) in [4.78, 5) is 19.6. The van der Waals surface area contributed by atoms with Crippen LogP contribution in [0.25, 0.3) is 10.2 Å². The molecule has 170 valence electrons. The van der Waals surface area contributed by atoms with Crippen molar-refractivity contribution in [1.82, 2.24) is 4.98 Å². The predicted molar refractivity (Wildman–Crippen MR) is 130 cm³/mol. The van der Waals surface area contributed by atoms with E-state index in [-0.39, 0.29) is 29.5 Å². The highest BCUT2D eigenvalue weighted by Crippen LogP contribution is 2.34. The number of carbonyl (C=O) groups is 1. The molecule has 0 unspecified atom stereocenters. The number of aryl methyl sites for hydroxylation is 2. The molecule has 0 radical (unpaired) electrons. The molecule has 0 saturated carbocycles. The number of amides is 1. The fraction of sp³-hybridized carbons (Fsp3) is 0.200. The fourth-order valence-electron chi connectivity index (χ4n) is 3.51. The van der Waals surface area contributed by atoms with Gasteiger partial charge in [0.05, 0.1) is 27.4 Å². The normalized spacial score (nSPS) is 11.6. The lowest BCUT2D eigenvalue weighted by Gasteiger charge is -2.20. The number of fused-ring (bicyclic) bond motifs is 1. The zero-order chi connectivity index (χ0) is 23.6. The van der Waals surface area contributed by atoms with Crippen LogP contribution in [-0.4, -0.2) is 25.1 Å². The average molecular weight is 483 g/mol. The van der Waals surface area contributed by atoms with E-state index in [9.17, 15) is 17.6 Å². The van der Waals surface area contributed by atoms with Gasteiger partial charge in [0, 0.05) is 6.42 Å². The average Bonchev–Trinajstić information content (AvgIpc) is 3.26. The number of carbonyl (C=O) groups excluding carboxylic acids is 1. The Hall–Kier alpha value is -3.10. The number of hydrogen-bond acceptors (Lipinski definition) is 5. The molecule has 3 aromatic carbocycles. The van der Waals surface area contributed by atoms with E-state index in [1.54, 1.807) is 4.90 Å². The van der Waals surface area contributed by atoms with Gasteiger partial charge in [-0.3, -0.25) is 9.69 Å². The summed E-state index contributed by atoms with van der Waals surface area (Å²) < 4.78 is 39.6. The number of halogens is 1. The molecule has 5 nitrogen and oxygen atoms in total. The van der Waals surface area contributed by atoms with Crippen LogP contribution in [0.1, 0.15) is 23.1 Å². The van der Waals surface area contributed by atoms with Gasteiger partial charge in [-0.1, -0.05) is 53.8 Å². The number of benzene rings is 3. The monoisotopic (exact) mass is 482 g/mol. The first-order chi connectivity index (χ1) is 15.7. The van der Waals surface area contributed by atoms with E-state index < -0.39 is 15.7 Å². The Morgan fingerprint density at radius 1 is 0.970 bits per heavy atom. The Bertz CT molecular complexity index is 1360. The van der Waals surface area contributed by atoms with Gasteiger partial charge in [0.25, 0.3) is 0 Å². The summed E-state index contributed by atoms with van der Waals surface area (Å²) >= 11 is 1.43. The van der Waals surface area contributed by atoms with Gasteiger partial charge in [-0.05, 0) is 54.8 Å². The highest BCUT2D eigenvalue weighted by Gasteiger charge is 2.24. The molecule has 0 aliphatic heterocycles. The Kier molecular flexibility index (Phi) is 6.58. The van der Waals surface area contributed by atoms with Crippen LogP contribution in [0, 0.1) is 19.7 Å². The van der Waals surface area contributed by atoms with Crippen molar-refractivity contribution in [1.29, 1.82) is 0 Å². The third kappa shape index (κ3) is 5.12. The van der Waals surface area contributed by atoms with Crippen molar-refractivity contribution < 1.29 is 17.6 Å². The molecule has 4 aromatic rings. The molecule has 1 heterocycles. The fourth-order valence-corrected chi connectivity index (χ4v) is 5.87. The van der Waals surface area contributed by atoms with E-state index in [2.05, 4.69) is 0 Å². The van der Waals surface area contributed by atoms with Crippen molar-refractivity contribution in [2.75, 3.05) is 10.7 Å². The second-order valence-electron chi connectivity index (χ2n) is 7.86. The highest BCUT2D eigenvalue weighted by atomic mass is 32.2. The maximum absolute atomic E-state index is 13.3. The summed E-state index contributed by atoms with van der Waals surface area (Å²) in [6.07, 6.45) is -0.208. The second kappa shape index (κ2) is 9.41. The van der Waals surface area contributed by atoms with Crippen molar-refractivity contribution >= 4 is 42.4 Å². The van der Waals surface area contributed by atoms with Crippen LogP contribution in [0.3, 0.4) is 0 Å². The van der Waals surface area contributed by atoms with Gasteiger partial charge < -0.3 is 0 Å². The van der Waals surface area contributed by atoms with Crippen molar-refractivity contribution in [3.8, 4) is 0 Å². The summed E-state index contributed by atoms with van der Waals surface area (Å²) in [7, 11) is -3.73. The van der Waals surface area contributed by atoms with Crippen LogP contribution in [0.2, 0.25) is 0 Å². The van der Waals surface area contributed by atoms with Gasteiger partial charge in [-0.2, -0.15) is 0 Å². The van der Waals surface area contributed by atoms with Crippen LogP contribution >= 0.6 is 11.3 Å². The first-order valence-electron chi connectivity index (χ1n) is 10.4. The molecular weight excluding hydrogens is 459 g/mol. The summed E-state index contributed by atoms with van der Waals surface area (Å²) in [5.41, 5.74) is 3.86. The SMILES string of the molecule is Cc1ccc(C)c2sc(N(Cc3ccccc3)C(=O)CCS(=O)(=O)c3ccc(F)cc3)nc12. The van der Waals surface area contributed by atoms with Gasteiger partial charge in [0.15, 0.2) is 15.0 Å². The zero-order valence-electron chi connectivity index (χ0n) is 18.3. The lowest BCUT2D eigenvalue weighted by atomic mass is 10.1. The van der Waals surface area contributed by atoms with Crippen LogP contribution in [0.4, 0.5) is 9.52 Å². The van der Waals surface area contributed by atoms with Gasteiger partial charge in [-0.25, -0.2) is 17.8 Å². The molecule has 33 heavy (non-hydrogen) atoms. The molecule has 4 rings (SSSR count). The van der Waals surface area contributed by atoms with E-state index in [4.69, 9.17) is 4.98 Å². The van der Waals surface area contributed by atoms with Crippen molar-refractivity contribution in [3.63, 3.8) is 0 Å². The quantitative estimate of drug-likeness (QED) is 0.329. The smallest absolute Gasteiger partial charge is 0.230 e. The third-order valence-corrected chi connectivity index (χ3v) is 8.35. The molecule has 0 saturated heterocycles. The molecule has 0 aliphatic carbocycles. The molecule has 0 N–H and O–H groups in total. The van der Waals surface area contributed by atoms with E-state index in [1.807, 2.05) is 56.3 Å². The standard InChI is InChI=1S/C25H23FN2O3S2/c1-17-8-9-18(2)24-23(17)27-25(32-24)28(16-19-6-4-3-5-7-19)22(29)14-15-33(30,31)21-12-10-20(26)11-13-21/h3-13H,14-16H2,1-2H3. The summed E-state index contributed by atoms with van der Waals surface area (Å²) in [6, 6.07) is 18.2. The van der Waals surface area contributed by atoms with E-state index in [0.717, 1.165) is 39.0 Å². The first-order valence-corrected chi connectivity index (χ1v) is 12.9. The molecule has 0 atom stereocenters. The molecule has 8 heteroatoms. The Morgan fingerprint density at radius 3 is 2.30 bits per heavy atom. The lowest BCUT2D eigenvalue weighted by Crippen LogP contribution is -2.31. The van der Waals surface area contributed by atoms with Crippen LogP contribution in [0.5, 0.6) is 0 Å². The molecule has 0 aliphatic rings. The molecule has 0 spiro atoms.